The van der Waals surface area contributed by atoms with Crippen molar-refractivity contribution in [3.05, 3.63) is 71.5 Å². The van der Waals surface area contributed by atoms with Crippen LogP contribution >= 0.6 is 12.2 Å². The largest absolute Gasteiger partial charge is 0.352 e. The van der Waals surface area contributed by atoms with Crippen molar-refractivity contribution in [3.63, 3.8) is 0 Å². The zero-order valence-corrected chi connectivity index (χ0v) is 18.3. The van der Waals surface area contributed by atoms with E-state index in [0.717, 1.165) is 0 Å². The maximum absolute atomic E-state index is 14.6. The topological polar surface area (TPSA) is 82.3 Å². The van der Waals surface area contributed by atoms with Crippen LogP contribution in [0.3, 0.4) is 0 Å². The summed E-state index contributed by atoms with van der Waals surface area (Å²) in [5.41, 5.74) is -0.887. The summed E-state index contributed by atoms with van der Waals surface area (Å²) in [5.74, 6) is -4.40. The van der Waals surface area contributed by atoms with Gasteiger partial charge in [0.25, 0.3) is 11.8 Å². The molecule has 3 rings (SSSR count). The number of carbonyl (C=O) groups is 1. The summed E-state index contributed by atoms with van der Waals surface area (Å²) in [4.78, 5) is 12.4. The first-order chi connectivity index (χ1) is 14.5. The number of rotatable bonds is 5. The van der Waals surface area contributed by atoms with Gasteiger partial charge in [-0.2, -0.15) is 0 Å². The second kappa shape index (κ2) is 9.03. The Labute approximate surface area is 184 Å². The molecule has 0 unspecified atom stereocenters. The van der Waals surface area contributed by atoms with Gasteiger partial charge in [-0.3, -0.25) is 14.3 Å². The second-order valence-electron chi connectivity index (χ2n) is 7.51. The molecule has 1 aliphatic heterocycles. The van der Waals surface area contributed by atoms with Gasteiger partial charge in [-0.25, -0.2) is 22.6 Å². The van der Waals surface area contributed by atoms with Gasteiger partial charge in [0.2, 0.25) is 0 Å². The first kappa shape index (κ1) is 23.3. The van der Waals surface area contributed by atoms with Crippen LogP contribution in [0.25, 0.3) is 0 Å². The lowest BCUT2D eigenvalue weighted by molar-refractivity contribution is 0.00827. The van der Waals surface area contributed by atoms with E-state index in [1.165, 1.54) is 18.2 Å². The Kier molecular flexibility index (Phi) is 6.79. The van der Waals surface area contributed by atoms with Crippen molar-refractivity contribution in [1.29, 1.82) is 0 Å². The molecule has 1 saturated heterocycles. The van der Waals surface area contributed by atoms with Crippen LogP contribution in [0.1, 0.15) is 22.8 Å². The second-order valence-corrected chi connectivity index (χ2v) is 10.3. The average Bonchev–Trinajstić information content (AvgIpc) is 2.71. The number of halogens is 3. The number of thiol groups is 1. The van der Waals surface area contributed by atoms with Crippen LogP contribution in [0, 0.1) is 5.82 Å². The molecular formula is C20H23F3N4O2S2. The lowest BCUT2D eigenvalue weighted by Gasteiger charge is -2.42. The summed E-state index contributed by atoms with van der Waals surface area (Å²) < 4.78 is 59.6. The van der Waals surface area contributed by atoms with Crippen LogP contribution < -0.4 is 20.1 Å². The highest BCUT2D eigenvalue weighted by molar-refractivity contribution is 7.99. The smallest absolute Gasteiger partial charge is 0.274 e. The maximum Gasteiger partial charge on any atom is 0.274 e. The number of benzene rings is 2. The molecule has 0 aliphatic carbocycles. The van der Waals surface area contributed by atoms with Crippen molar-refractivity contribution >= 4 is 33.5 Å². The zero-order chi connectivity index (χ0) is 22.7. The number of hydrogen-bond donors (Lipinski definition) is 5. The van der Waals surface area contributed by atoms with E-state index in [4.69, 9.17) is 12.2 Å². The number of amides is 1. The molecule has 0 radical (unpaired) electrons. The van der Waals surface area contributed by atoms with Crippen molar-refractivity contribution in [1.82, 2.24) is 20.1 Å². The molecule has 4 N–H and O–H groups in total. The Morgan fingerprint density at radius 3 is 2.32 bits per heavy atom. The van der Waals surface area contributed by atoms with Gasteiger partial charge >= 0.3 is 0 Å². The molecule has 6 nitrogen and oxygen atoms in total. The van der Waals surface area contributed by atoms with Crippen LogP contribution in [0.4, 0.5) is 13.2 Å². The van der Waals surface area contributed by atoms with E-state index in [0.29, 0.717) is 5.56 Å². The van der Waals surface area contributed by atoms with E-state index in [1.54, 1.807) is 43.3 Å². The van der Waals surface area contributed by atoms with Gasteiger partial charge in [0, 0.05) is 11.1 Å². The predicted octanol–water partition coefficient (Wildman–Crippen LogP) is 2.02. The first-order valence-electron chi connectivity index (χ1n) is 9.43. The van der Waals surface area contributed by atoms with Gasteiger partial charge in [-0.05, 0) is 47.6 Å². The van der Waals surface area contributed by atoms with E-state index in [1.807, 2.05) is 0 Å². The normalized spacial score (nSPS) is 20.1. The van der Waals surface area contributed by atoms with Crippen LogP contribution in [0.5, 0.6) is 0 Å². The van der Waals surface area contributed by atoms with Gasteiger partial charge in [0.1, 0.15) is 5.82 Å². The third kappa shape index (κ3) is 5.88. The van der Waals surface area contributed by atoms with Crippen molar-refractivity contribution in [3.8, 4) is 0 Å². The van der Waals surface area contributed by atoms with Crippen molar-refractivity contribution in [2.24, 2.45) is 0 Å². The highest BCUT2D eigenvalue weighted by Gasteiger charge is 2.42. The molecular weight excluding hydrogens is 449 g/mol. The van der Waals surface area contributed by atoms with Crippen LogP contribution in [-0.2, 0) is 15.8 Å². The molecule has 0 aromatic heterocycles. The standard InChI is InChI=1S/C20H23F3N4O2S2/c1-19(15-9-5-6-10-16(15)21,13-31(29)24-11-20(22,23)12-25-31)27-18(30)26-17(28)14-7-3-2-4-8-14/h2-10,31H,11-13H2,1H3,(H2,24,25,29)(H2,26,27,28,30)/t19-/m0/s1. The molecule has 1 fully saturated rings. The van der Waals surface area contributed by atoms with Gasteiger partial charge in [-0.15, -0.1) is 0 Å². The van der Waals surface area contributed by atoms with Crippen molar-refractivity contribution in [2.45, 2.75) is 18.4 Å². The minimum atomic E-state index is -3.53. The molecule has 31 heavy (non-hydrogen) atoms. The summed E-state index contributed by atoms with van der Waals surface area (Å²) in [6, 6.07) is 14.1. The number of alkyl halides is 2. The highest BCUT2D eigenvalue weighted by atomic mass is 32.3. The van der Waals surface area contributed by atoms with Crippen LogP contribution in [-0.4, -0.2) is 40.0 Å². The minimum Gasteiger partial charge on any atom is -0.352 e. The lowest BCUT2D eigenvalue weighted by Crippen LogP contribution is -2.64. The van der Waals surface area contributed by atoms with E-state index < -0.39 is 46.6 Å². The van der Waals surface area contributed by atoms with Crippen molar-refractivity contribution in [2.75, 3.05) is 18.8 Å². The predicted molar refractivity (Wildman–Crippen MR) is 119 cm³/mol. The minimum absolute atomic E-state index is 0.117. The molecule has 1 atom stereocenters. The molecule has 1 heterocycles. The Bertz CT molecular complexity index is 1010. The number of carbonyl (C=O) groups excluding carboxylic acids is 1. The maximum atomic E-state index is 14.6. The number of hydrogen-bond acceptors (Lipinski definition) is 3. The zero-order valence-electron chi connectivity index (χ0n) is 16.6. The third-order valence-corrected chi connectivity index (χ3v) is 7.47. The number of thiocarbonyl (C=S) groups is 1. The summed E-state index contributed by atoms with van der Waals surface area (Å²) in [7, 11) is -3.53. The van der Waals surface area contributed by atoms with E-state index in [2.05, 4.69) is 20.1 Å². The fraction of sp³-hybridized carbons (Fsp3) is 0.300. The SMILES string of the molecule is C[C@@](C[SH]1(=O)NCC(F)(F)CN1)(NC(=S)NC(=O)c1ccccc1)c1ccccc1F. The molecule has 1 aliphatic rings. The average molecular weight is 473 g/mol. The fourth-order valence-corrected chi connectivity index (χ4v) is 6.08. The monoisotopic (exact) mass is 472 g/mol. The fourth-order valence-electron chi connectivity index (χ4n) is 3.31. The van der Waals surface area contributed by atoms with Gasteiger partial charge in [0.05, 0.1) is 24.4 Å². The molecule has 11 heteroatoms. The Morgan fingerprint density at radius 1 is 1.13 bits per heavy atom. The molecule has 0 bridgehead atoms. The lowest BCUT2D eigenvalue weighted by atomic mass is 9.93. The van der Waals surface area contributed by atoms with Gasteiger partial charge < -0.3 is 5.32 Å². The van der Waals surface area contributed by atoms with E-state index >= 15 is 0 Å². The third-order valence-electron chi connectivity index (χ3n) is 4.85. The molecule has 1 amide bonds. The Hall–Kier alpha value is -2.34. The van der Waals surface area contributed by atoms with Gasteiger partial charge in [-0.1, -0.05) is 36.4 Å². The number of nitrogens with one attached hydrogen (secondary N) is 4. The molecule has 168 valence electrons. The summed E-state index contributed by atoms with van der Waals surface area (Å²) >= 11 is 5.25. The Morgan fingerprint density at radius 2 is 1.71 bits per heavy atom. The molecule has 0 spiro atoms. The van der Waals surface area contributed by atoms with E-state index in [-0.39, 0.29) is 16.4 Å². The summed E-state index contributed by atoms with van der Waals surface area (Å²) in [6.07, 6.45) is 0. The van der Waals surface area contributed by atoms with Crippen LogP contribution in [0.2, 0.25) is 0 Å². The van der Waals surface area contributed by atoms with Crippen molar-refractivity contribution < 1.29 is 22.2 Å². The molecule has 2 aromatic carbocycles. The van der Waals surface area contributed by atoms with E-state index in [9.17, 15) is 22.2 Å². The quantitative estimate of drug-likeness (QED) is 0.341. The molecule has 2 aromatic rings. The van der Waals surface area contributed by atoms with Gasteiger partial charge in [0.15, 0.2) is 5.11 Å². The summed E-state index contributed by atoms with van der Waals surface area (Å²) in [5, 5.41) is 5.26. The van der Waals surface area contributed by atoms with Crippen LogP contribution in [0.15, 0.2) is 54.6 Å². The first-order valence-corrected chi connectivity index (χ1v) is 11.7. The summed E-state index contributed by atoms with van der Waals surface area (Å²) in [6.45, 7) is 0.0157. The molecule has 0 saturated carbocycles. The highest BCUT2D eigenvalue weighted by Crippen LogP contribution is 2.28. The Balaban J connectivity index is 1.83.